The topological polar surface area (TPSA) is 49.8 Å². The highest BCUT2D eigenvalue weighted by Crippen LogP contribution is 2.46. The van der Waals surface area contributed by atoms with E-state index in [2.05, 4.69) is 13.8 Å². The third-order valence-electron chi connectivity index (χ3n) is 7.36. The number of nitrogens with zero attached hydrogens (tertiary/aromatic N) is 1. The fraction of sp³-hybridized carbons (Fsp3) is 1.00. The van der Waals surface area contributed by atoms with Crippen LogP contribution in [-0.2, 0) is 9.09 Å². The molecule has 0 aliphatic carbocycles. The van der Waals surface area contributed by atoms with Gasteiger partial charge >= 0.3 is 7.75 Å². The number of hydrogen-bond acceptors (Lipinski definition) is 2. The summed E-state index contributed by atoms with van der Waals surface area (Å²) in [6.07, 6.45) is 32.2. The summed E-state index contributed by atoms with van der Waals surface area (Å²) >= 11 is 0. The second-order valence-corrected chi connectivity index (χ2v) is 12.9. The van der Waals surface area contributed by atoms with Crippen LogP contribution in [0, 0.1) is 0 Å². The maximum Gasteiger partial charge on any atom is 0.405 e. The van der Waals surface area contributed by atoms with Crippen LogP contribution in [0.5, 0.6) is 0 Å². The van der Waals surface area contributed by atoms with Crippen molar-refractivity contribution in [1.82, 2.24) is 4.67 Å². The first-order chi connectivity index (χ1) is 17.6. The summed E-state index contributed by atoms with van der Waals surface area (Å²) in [5.41, 5.74) is 0. The maximum atomic E-state index is 12.8. The van der Waals surface area contributed by atoms with Gasteiger partial charge in [-0.25, -0.2) is 9.24 Å². The molecule has 0 aliphatic heterocycles. The van der Waals surface area contributed by atoms with Crippen LogP contribution in [0.3, 0.4) is 0 Å². The largest absolute Gasteiger partial charge is 0.405 e. The van der Waals surface area contributed by atoms with Gasteiger partial charge in [0.2, 0.25) is 0 Å². The van der Waals surface area contributed by atoms with E-state index in [1.807, 2.05) is 6.92 Å². The molecule has 218 valence electrons. The summed E-state index contributed by atoms with van der Waals surface area (Å²) in [4.78, 5) is 10.5. The molecular weight excluding hydrogens is 465 g/mol. The summed E-state index contributed by atoms with van der Waals surface area (Å²) in [7, 11) is -3.65. The van der Waals surface area contributed by atoms with Crippen molar-refractivity contribution in [3.8, 4) is 0 Å². The van der Waals surface area contributed by atoms with Crippen molar-refractivity contribution < 1.29 is 14.0 Å². The molecule has 0 aromatic carbocycles. The number of hydrogen-bond donors (Lipinski definition) is 1. The van der Waals surface area contributed by atoms with Crippen molar-refractivity contribution in [3.05, 3.63) is 0 Å². The van der Waals surface area contributed by atoms with Crippen LogP contribution in [0.4, 0.5) is 0 Å². The van der Waals surface area contributed by atoms with Gasteiger partial charge in [-0.15, -0.1) is 0 Å². The molecule has 0 rings (SSSR count). The predicted molar refractivity (Wildman–Crippen MR) is 160 cm³/mol. The highest BCUT2D eigenvalue weighted by molar-refractivity contribution is 7.50. The van der Waals surface area contributed by atoms with E-state index in [1.54, 1.807) is 4.67 Å². The Morgan fingerprint density at radius 2 is 0.750 bits per heavy atom. The quantitative estimate of drug-likeness (QED) is 0.0739. The number of rotatable bonds is 30. The van der Waals surface area contributed by atoms with Gasteiger partial charge in [0.15, 0.2) is 0 Å². The lowest BCUT2D eigenvalue weighted by Gasteiger charge is -2.26. The van der Waals surface area contributed by atoms with Gasteiger partial charge in [0.05, 0.1) is 6.61 Å². The Bertz CT molecular complexity index is 447. The normalized spacial score (nSPS) is 13.5. The lowest BCUT2D eigenvalue weighted by atomic mass is 10.1. The molecule has 0 saturated carbocycles. The summed E-state index contributed by atoms with van der Waals surface area (Å²) in [6.45, 7) is 8.27. The fourth-order valence-corrected chi connectivity index (χ4v) is 6.30. The minimum atomic E-state index is -3.65. The average Bonchev–Trinajstić information content (AvgIpc) is 2.87. The molecule has 0 bridgehead atoms. The molecule has 0 amide bonds. The molecule has 0 aliphatic rings. The first kappa shape index (κ1) is 36.1. The summed E-state index contributed by atoms with van der Waals surface area (Å²) in [5, 5.41) is 0. The van der Waals surface area contributed by atoms with E-state index in [4.69, 9.17) is 4.52 Å². The third kappa shape index (κ3) is 24.4. The van der Waals surface area contributed by atoms with Gasteiger partial charge in [0.1, 0.15) is 0 Å². The van der Waals surface area contributed by atoms with E-state index in [-0.39, 0.29) is 0 Å². The van der Waals surface area contributed by atoms with E-state index < -0.39 is 7.75 Å². The van der Waals surface area contributed by atoms with Gasteiger partial charge in [-0.3, -0.25) is 4.52 Å². The van der Waals surface area contributed by atoms with Crippen molar-refractivity contribution in [2.45, 2.75) is 181 Å². The molecule has 0 saturated heterocycles. The van der Waals surface area contributed by atoms with Crippen LogP contribution in [0.1, 0.15) is 181 Å². The van der Waals surface area contributed by atoms with Gasteiger partial charge in [0.25, 0.3) is 0 Å². The van der Waals surface area contributed by atoms with Crippen LogP contribution in [0.15, 0.2) is 0 Å². The van der Waals surface area contributed by atoms with Gasteiger partial charge in [-0.05, 0) is 19.3 Å². The molecule has 4 nitrogen and oxygen atoms in total. The zero-order chi connectivity index (χ0) is 26.6. The van der Waals surface area contributed by atoms with Crippen molar-refractivity contribution in [1.29, 1.82) is 0 Å². The van der Waals surface area contributed by atoms with Crippen LogP contribution in [0.25, 0.3) is 0 Å². The summed E-state index contributed by atoms with van der Waals surface area (Å²) in [5.74, 6) is 0. The van der Waals surface area contributed by atoms with Gasteiger partial charge in [-0.1, -0.05) is 162 Å². The van der Waals surface area contributed by atoms with Crippen LogP contribution >= 0.6 is 7.75 Å². The lowest BCUT2D eigenvalue weighted by Crippen LogP contribution is -2.24. The first-order valence-electron chi connectivity index (χ1n) is 16.3. The zero-order valence-electron chi connectivity index (χ0n) is 25.0. The molecule has 0 aromatic heterocycles. The van der Waals surface area contributed by atoms with E-state index in [0.29, 0.717) is 19.7 Å². The smallest absolute Gasteiger partial charge is 0.312 e. The Morgan fingerprint density at radius 1 is 0.472 bits per heavy atom. The molecule has 0 fully saturated rings. The van der Waals surface area contributed by atoms with Crippen molar-refractivity contribution >= 4 is 7.75 Å². The Morgan fingerprint density at radius 3 is 1.03 bits per heavy atom. The number of unbranched alkanes of at least 4 members (excludes halogenated alkanes) is 22. The second kappa shape index (κ2) is 28.1. The maximum absolute atomic E-state index is 12.8. The molecule has 0 aromatic rings. The van der Waals surface area contributed by atoms with Crippen LogP contribution in [-0.4, -0.2) is 29.3 Å². The van der Waals surface area contributed by atoms with Crippen molar-refractivity contribution in [2.24, 2.45) is 0 Å². The van der Waals surface area contributed by atoms with E-state index in [0.717, 1.165) is 32.1 Å². The average molecular weight is 532 g/mol. The van der Waals surface area contributed by atoms with Crippen LogP contribution < -0.4 is 0 Å². The van der Waals surface area contributed by atoms with Crippen LogP contribution in [0.2, 0.25) is 0 Å². The molecule has 36 heavy (non-hydrogen) atoms. The Kier molecular flexibility index (Phi) is 28.2. The molecule has 1 N–H and O–H groups in total. The summed E-state index contributed by atoms with van der Waals surface area (Å²) < 4.78 is 19.9. The molecule has 1 atom stereocenters. The molecule has 0 spiro atoms. The fourth-order valence-electron chi connectivity index (χ4n) is 4.93. The Hall–Kier alpha value is 0.110. The molecule has 1 unspecified atom stereocenters. The molecule has 0 radical (unpaired) electrons. The standard InChI is InChI=1S/C31H66NO3P/c1-4-7-9-11-13-15-17-19-21-23-25-27-29-32(36(33,34)35-31-6-3)30-28-26-24-22-20-18-16-14-12-10-8-5-2/h4-31H2,1-3H3,(H,33,34). The summed E-state index contributed by atoms with van der Waals surface area (Å²) in [6, 6.07) is 0. The van der Waals surface area contributed by atoms with Gasteiger partial charge in [-0.2, -0.15) is 0 Å². The Labute approximate surface area is 227 Å². The van der Waals surface area contributed by atoms with Crippen molar-refractivity contribution in [2.75, 3.05) is 19.7 Å². The Balaban J connectivity index is 3.91. The minimum absolute atomic E-state index is 0.362. The minimum Gasteiger partial charge on any atom is -0.312 e. The van der Waals surface area contributed by atoms with E-state index in [9.17, 15) is 9.46 Å². The van der Waals surface area contributed by atoms with Gasteiger partial charge < -0.3 is 4.89 Å². The highest BCUT2D eigenvalue weighted by atomic mass is 31.2. The monoisotopic (exact) mass is 531 g/mol. The first-order valence-corrected chi connectivity index (χ1v) is 17.8. The van der Waals surface area contributed by atoms with E-state index >= 15 is 0 Å². The highest BCUT2D eigenvalue weighted by Gasteiger charge is 2.28. The molecule has 0 heterocycles. The van der Waals surface area contributed by atoms with Crippen molar-refractivity contribution in [3.63, 3.8) is 0 Å². The zero-order valence-corrected chi connectivity index (χ0v) is 25.9. The third-order valence-corrected chi connectivity index (χ3v) is 8.99. The van der Waals surface area contributed by atoms with Gasteiger partial charge in [0, 0.05) is 13.1 Å². The molecular formula is C31H66NO3P. The molecule has 5 heteroatoms. The predicted octanol–water partition coefficient (Wildman–Crippen LogP) is 11.2. The van der Waals surface area contributed by atoms with E-state index in [1.165, 1.54) is 128 Å². The SMILES string of the molecule is CCCCCCCCCCCCCCN(CCCCCCCCCCCCCC)P(=O)(O)OCCC. The lowest BCUT2D eigenvalue weighted by molar-refractivity contribution is 0.197. The second-order valence-electron chi connectivity index (χ2n) is 11.1.